The first-order valence-corrected chi connectivity index (χ1v) is 12.3. The number of hydrogen-bond donors (Lipinski definition) is 2. The molecular formula is C27H37N5O. The first kappa shape index (κ1) is 23.3. The summed E-state index contributed by atoms with van der Waals surface area (Å²) in [6.45, 7) is 4.13. The van der Waals surface area contributed by atoms with Crippen LogP contribution in [0.2, 0.25) is 0 Å². The van der Waals surface area contributed by atoms with Crippen LogP contribution in [0.4, 0.5) is 11.8 Å². The number of aromatic nitrogens is 2. The number of benzene rings is 2. The van der Waals surface area contributed by atoms with E-state index >= 15 is 0 Å². The van der Waals surface area contributed by atoms with Crippen molar-refractivity contribution in [3.8, 4) is 5.75 Å². The third-order valence-electron chi connectivity index (χ3n) is 6.49. The van der Waals surface area contributed by atoms with Crippen molar-refractivity contribution < 1.29 is 4.74 Å². The minimum absolute atomic E-state index is 0.210. The molecular weight excluding hydrogens is 410 g/mol. The van der Waals surface area contributed by atoms with E-state index in [2.05, 4.69) is 34.6 Å². The highest BCUT2D eigenvalue weighted by Crippen LogP contribution is 2.28. The zero-order chi connectivity index (χ0) is 23.0. The van der Waals surface area contributed by atoms with Gasteiger partial charge in [-0.1, -0.05) is 37.3 Å². The number of nitrogens with one attached hydrogen (secondary N) is 2. The number of fused-ring (bicyclic) bond motifs is 1. The SMILES string of the molecule is CCC(CNCC1CCC(Nc2nc(N(C)C)c3ccccc3n2)CC1)Oc1ccccc1. The van der Waals surface area contributed by atoms with Crippen molar-refractivity contribution in [3.05, 3.63) is 54.6 Å². The van der Waals surface area contributed by atoms with Gasteiger partial charge in [-0.15, -0.1) is 0 Å². The molecule has 0 spiro atoms. The quantitative estimate of drug-likeness (QED) is 0.450. The van der Waals surface area contributed by atoms with Gasteiger partial charge in [-0.3, -0.25) is 0 Å². The highest BCUT2D eigenvalue weighted by atomic mass is 16.5. The first-order valence-electron chi connectivity index (χ1n) is 12.3. The minimum Gasteiger partial charge on any atom is -0.489 e. The molecule has 1 heterocycles. The Labute approximate surface area is 197 Å². The summed E-state index contributed by atoms with van der Waals surface area (Å²) in [5, 5.41) is 8.35. The summed E-state index contributed by atoms with van der Waals surface area (Å²) in [7, 11) is 4.06. The van der Waals surface area contributed by atoms with Crippen LogP contribution in [-0.4, -0.2) is 49.3 Å². The molecule has 1 atom stereocenters. The zero-order valence-corrected chi connectivity index (χ0v) is 20.1. The number of para-hydroxylation sites is 2. The van der Waals surface area contributed by atoms with Crippen molar-refractivity contribution in [1.29, 1.82) is 0 Å². The molecule has 1 aliphatic carbocycles. The molecule has 0 saturated heterocycles. The maximum atomic E-state index is 6.10. The van der Waals surface area contributed by atoms with Gasteiger partial charge in [-0.05, 0) is 68.8 Å². The molecule has 2 N–H and O–H groups in total. The van der Waals surface area contributed by atoms with Gasteiger partial charge in [0.2, 0.25) is 5.95 Å². The Morgan fingerprint density at radius 2 is 1.70 bits per heavy atom. The number of hydrogen-bond acceptors (Lipinski definition) is 6. The van der Waals surface area contributed by atoms with Crippen LogP contribution in [0.1, 0.15) is 39.0 Å². The normalized spacial score (nSPS) is 19.2. The Kier molecular flexibility index (Phi) is 8.00. The largest absolute Gasteiger partial charge is 0.489 e. The van der Waals surface area contributed by atoms with Gasteiger partial charge in [-0.25, -0.2) is 4.98 Å². The van der Waals surface area contributed by atoms with Gasteiger partial charge in [0.25, 0.3) is 0 Å². The topological polar surface area (TPSA) is 62.3 Å². The van der Waals surface area contributed by atoms with Crippen LogP contribution in [0, 0.1) is 5.92 Å². The fourth-order valence-corrected chi connectivity index (χ4v) is 4.57. The molecule has 6 nitrogen and oxygen atoms in total. The summed E-state index contributed by atoms with van der Waals surface area (Å²) in [5.41, 5.74) is 0.986. The van der Waals surface area contributed by atoms with Crippen LogP contribution >= 0.6 is 0 Å². The van der Waals surface area contributed by atoms with E-state index in [1.54, 1.807) is 0 Å². The summed E-state index contributed by atoms with van der Waals surface area (Å²) < 4.78 is 6.10. The van der Waals surface area contributed by atoms with Gasteiger partial charge >= 0.3 is 0 Å². The maximum absolute atomic E-state index is 6.10. The van der Waals surface area contributed by atoms with Gasteiger partial charge in [0.1, 0.15) is 17.7 Å². The smallest absolute Gasteiger partial charge is 0.225 e. The Balaban J connectivity index is 1.24. The van der Waals surface area contributed by atoms with Gasteiger partial charge in [-0.2, -0.15) is 4.98 Å². The van der Waals surface area contributed by atoms with Crippen LogP contribution < -0.4 is 20.3 Å². The predicted octanol–water partition coefficient (Wildman–Crippen LogP) is 5.11. The number of rotatable bonds is 10. The molecule has 1 aliphatic rings. The molecule has 1 aromatic heterocycles. The Bertz CT molecular complexity index is 1000. The Morgan fingerprint density at radius 3 is 2.42 bits per heavy atom. The molecule has 1 fully saturated rings. The summed E-state index contributed by atoms with van der Waals surface area (Å²) in [6.07, 6.45) is 5.94. The molecule has 6 heteroatoms. The second kappa shape index (κ2) is 11.3. The van der Waals surface area contributed by atoms with E-state index in [1.165, 1.54) is 12.8 Å². The van der Waals surface area contributed by atoms with Gasteiger partial charge in [0.05, 0.1) is 5.52 Å². The van der Waals surface area contributed by atoms with Crippen molar-refractivity contribution in [1.82, 2.24) is 15.3 Å². The molecule has 176 valence electrons. The fraction of sp³-hybridized carbons (Fsp3) is 0.481. The molecule has 0 aliphatic heterocycles. The number of ether oxygens (including phenoxy) is 1. The Morgan fingerprint density at radius 1 is 0.970 bits per heavy atom. The highest BCUT2D eigenvalue weighted by molar-refractivity contribution is 5.90. The van der Waals surface area contributed by atoms with Crippen LogP contribution in [0.5, 0.6) is 5.75 Å². The zero-order valence-electron chi connectivity index (χ0n) is 20.1. The molecule has 3 aromatic rings. The predicted molar refractivity (Wildman–Crippen MR) is 137 cm³/mol. The molecule has 1 unspecified atom stereocenters. The van der Waals surface area contributed by atoms with Crippen molar-refractivity contribution in [3.63, 3.8) is 0 Å². The van der Waals surface area contributed by atoms with E-state index in [0.717, 1.165) is 60.8 Å². The summed E-state index contributed by atoms with van der Waals surface area (Å²) in [4.78, 5) is 11.6. The van der Waals surface area contributed by atoms with Gasteiger partial charge in [0, 0.05) is 32.1 Å². The van der Waals surface area contributed by atoms with Crippen molar-refractivity contribution >= 4 is 22.7 Å². The maximum Gasteiger partial charge on any atom is 0.225 e. The second-order valence-electron chi connectivity index (χ2n) is 9.26. The third kappa shape index (κ3) is 6.35. The molecule has 2 aromatic carbocycles. The first-order chi connectivity index (χ1) is 16.1. The van der Waals surface area contributed by atoms with E-state index in [-0.39, 0.29) is 6.10 Å². The van der Waals surface area contributed by atoms with Crippen molar-refractivity contribution in [2.45, 2.75) is 51.2 Å². The van der Waals surface area contributed by atoms with Crippen LogP contribution in [-0.2, 0) is 0 Å². The lowest BCUT2D eigenvalue weighted by Gasteiger charge is -2.30. The van der Waals surface area contributed by atoms with Crippen LogP contribution in [0.25, 0.3) is 10.9 Å². The van der Waals surface area contributed by atoms with E-state index in [1.807, 2.05) is 56.6 Å². The van der Waals surface area contributed by atoms with Gasteiger partial charge < -0.3 is 20.3 Å². The lowest BCUT2D eigenvalue weighted by atomic mass is 9.86. The molecule has 1 saturated carbocycles. The van der Waals surface area contributed by atoms with E-state index in [4.69, 9.17) is 14.7 Å². The third-order valence-corrected chi connectivity index (χ3v) is 6.49. The van der Waals surface area contributed by atoms with Crippen LogP contribution in [0.15, 0.2) is 54.6 Å². The Hall–Kier alpha value is -2.86. The molecule has 33 heavy (non-hydrogen) atoms. The average Bonchev–Trinajstić information content (AvgIpc) is 2.84. The van der Waals surface area contributed by atoms with E-state index in [9.17, 15) is 0 Å². The average molecular weight is 448 g/mol. The van der Waals surface area contributed by atoms with Crippen molar-refractivity contribution in [2.75, 3.05) is 37.4 Å². The lowest BCUT2D eigenvalue weighted by Crippen LogP contribution is -2.36. The molecule has 4 rings (SSSR count). The molecule has 0 bridgehead atoms. The standard InChI is InChI=1S/C27H37N5O/c1-4-22(33-23-10-6-5-7-11-23)19-28-18-20-14-16-21(17-15-20)29-27-30-25-13-9-8-12-24(25)26(31-27)32(2)3/h5-13,20-22,28H,4,14-19H2,1-3H3,(H,29,30,31). The fourth-order valence-electron chi connectivity index (χ4n) is 4.57. The highest BCUT2D eigenvalue weighted by Gasteiger charge is 2.22. The number of nitrogens with zero attached hydrogens (tertiary/aromatic N) is 3. The summed E-state index contributed by atoms with van der Waals surface area (Å²) in [6, 6.07) is 18.8. The lowest BCUT2D eigenvalue weighted by molar-refractivity contribution is 0.188. The summed E-state index contributed by atoms with van der Waals surface area (Å²) in [5.74, 6) is 3.37. The van der Waals surface area contributed by atoms with Crippen molar-refractivity contribution in [2.24, 2.45) is 5.92 Å². The van der Waals surface area contributed by atoms with E-state index < -0.39 is 0 Å². The van der Waals surface area contributed by atoms with E-state index in [0.29, 0.717) is 12.0 Å². The second-order valence-corrected chi connectivity index (χ2v) is 9.26. The summed E-state index contributed by atoms with van der Waals surface area (Å²) >= 11 is 0. The van der Waals surface area contributed by atoms with Crippen LogP contribution in [0.3, 0.4) is 0 Å². The monoisotopic (exact) mass is 447 g/mol. The number of anilines is 2. The van der Waals surface area contributed by atoms with Gasteiger partial charge in [0.15, 0.2) is 0 Å². The molecule has 0 amide bonds. The minimum atomic E-state index is 0.210. The molecule has 0 radical (unpaired) electrons.